The molecule has 1 aromatic rings. The average Bonchev–Trinajstić information content (AvgIpc) is 2.77. The molecule has 1 rings (SSSR count). The Kier molecular flexibility index (Phi) is 5.06. The zero-order chi connectivity index (χ0) is 12.8. The van der Waals surface area contributed by atoms with Gasteiger partial charge >= 0.3 is 0 Å². The van der Waals surface area contributed by atoms with Crippen LogP contribution in [-0.4, -0.2) is 28.9 Å². The molecule has 2 N–H and O–H groups in total. The fraction of sp³-hybridized carbons (Fsp3) is 0.333. The van der Waals surface area contributed by atoms with Crippen LogP contribution in [0.1, 0.15) is 28.5 Å². The van der Waals surface area contributed by atoms with Gasteiger partial charge in [0.25, 0.3) is 5.91 Å². The van der Waals surface area contributed by atoms with Crippen LogP contribution in [0, 0.1) is 0 Å². The second-order valence-electron chi connectivity index (χ2n) is 3.65. The molecule has 1 atom stereocenters. The first-order chi connectivity index (χ1) is 8.10. The lowest BCUT2D eigenvalue weighted by atomic mass is 10.3. The highest BCUT2D eigenvalue weighted by molar-refractivity contribution is 7.09. The Morgan fingerprint density at radius 3 is 2.59 bits per heavy atom. The predicted molar refractivity (Wildman–Crippen MR) is 71.0 cm³/mol. The Bertz CT molecular complexity index is 402. The zero-order valence-electron chi connectivity index (χ0n) is 9.93. The second-order valence-corrected chi connectivity index (χ2v) is 4.54. The summed E-state index contributed by atoms with van der Waals surface area (Å²) in [5.74, 6) is -0.118. The number of carbonyl (C=O) groups excluding carboxylic acids is 1. The number of thiazole rings is 1. The van der Waals surface area contributed by atoms with Crippen molar-refractivity contribution in [3.63, 3.8) is 0 Å². The summed E-state index contributed by atoms with van der Waals surface area (Å²) in [7, 11) is 0. The van der Waals surface area contributed by atoms with Gasteiger partial charge in [0.1, 0.15) is 10.7 Å². The van der Waals surface area contributed by atoms with E-state index in [-0.39, 0.29) is 11.9 Å². The van der Waals surface area contributed by atoms with Crippen LogP contribution in [0.2, 0.25) is 0 Å². The summed E-state index contributed by atoms with van der Waals surface area (Å²) in [5.41, 5.74) is 6.15. The molecule has 1 aromatic heterocycles. The van der Waals surface area contributed by atoms with E-state index in [1.807, 2.05) is 6.92 Å². The third kappa shape index (κ3) is 3.51. The number of nitrogens with zero attached hydrogens (tertiary/aromatic N) is 2. The molecule has 0 aliphatic rings. The minimum atomic E-state index is -0.145. The third-order valence-electron chi connectivity index (χ3n) is 2.12. The van der Waals surface area contributed by atoms with E-state index in [2.05, 4.69) is 18.1 Å². The van der Waals surface area contributed by atoms with Crippen molar-refractivity contribution in [2.24, 2.45) is 5.73 Å². The molecule has 1 amide bonds. The highest BCUT2D eigenvalue weighted by Gasteiger charge is 2.17. The summed E-state index contributed by atoms with van der Waals surface area (Å²) >= 11 is 1.40. The summed E-state index contributed by atoms with van der Waals surface area (Å²) in [5, 5.41) is 2.51. The minimum absolute atomic E-state index is 0.118. The van der Waals surface area contributed by atoms with E-state index in [0.29, 0.717) is 18.8 Å². The smallest absolute Gasteiger partial charge is 0.273 e. The number of nitrogens with two attached hydrogens (primary N) is 1. The summed E-state index contributed by atoms with van der Waals surface area (Å²) in [4.78, 5) is 17.9. The van der Waals surface area contributed by atoms with Crippen LogP contribution in [-0.2, 0) is 0 Å². The summed E-state index contributed by atoms with van der Waals surface area (Å²) < 4.78 is 0. The first kappa shape index (κ1) is 13.6. The molecule has 0 fully saturated rings. The topological polar surface area (TPSA) is 59.2 Å². The first-order valence-electron chi connectivity index (χ1n) is 5.32. The number of hydrogen-bond acceptors (Lipinski definition) is 4. The maximum atomic E-state index is 12.1. The summed E-state index contributed by atoms with van der Waals surface area (Å²) in [6, 6.07) is -0.145. The van der Waals surface area contributed by atoms with Crippen molar-refractivity contribution in [1.82, 2.24) is 9.88 Å². The summed E-state index contributed by atoms with van der Waals surface area (Å²) in [6.07, 6.45) is 3.36. The highest BCUT2D eigenvalue weighted by Crippen LogP contribution is 2.17. The van der Waals surface area contributed by atoms with Gasteiger partial charge in [-0.1, -0.05) is 12.2 Å². The van der Waals surface area contributed by atoms with Gasteiger partial charge in [0.2, 0.25) is 0 Å². The maximum absolute atomic E-state index is 12.1. The molecular formula is C12H17N3OS. The summed E-state index contributed by atoms with van der Waals surface area (Å²) in [6.45, 7) is 10.1. The molecule has 17 heavy (non-hydrogen) atoms. The first-order valence-corrected chi connectivity index (χ1v) is 6.20. The number of carbonyl (C=O) groups is 1. The Hall–Kier alpha value is -1.46. The van der Waals surface area contributed by atoms with Crippen molar-refractivity contribution in [2.75, 3.05) is 13.1 Å². The van der Waals surface area contributed by atoms with Crippen molar-refractivity contribution in [3.05, 3.63) is 41.4 Å². The van der Waals surface area contributed by atoms with Gasteiger partial charge in [-0.2, -0.15) is 0 Å². The van der Waals surface area contributed by atoms with Crippen LogP contribution >= 0.6 is 11.3 Å². The van der Waals surface area contributed by atoms with Crippen LogP contribution in [0.3, 0.4) is 0 Å². The van der Waals surface area contributed by atoms with Gasteiger partial charge in [-0.05, 0) is 6.92 Å². The van der Waals surface area contributed by atoms with Gasteiger partial charge < -0.3 is 10.6 Å². The molecule has 0 aliphatic carbocycles. The van der Waals surface area contributed by atoms with E-state index in [1.165, 1.54) is 11.3 Å². The Balaban J connectivity index is 2.84. The molecule has 0 aromatic carbocycles. The minimum Gasteiger partial charge on any atom is -0.330 e. The van der Waals surface area contributed by atoms with Gasteiger partial charge in [0.05, 0.1) is 6.04 Å². The molecule has 1 unspecified atom stereocenters. The third-order valence-corrected chi connectivity index (χ3v) is 3.16. The quantitative estimate of drug-likeness (QED) is 0.786. The average molecular weight is 251 g/mol. The maximum Gasteiger partial charge on any atom is 0.273 e. The van der Waals surface area contributed by atoms with Crippen LogP contribution in [0.25, 0.3) is 0 Å². The second kappa shape index (κ2) is 6.32. The van der Waals surface area contributed by atoms with E-state index in [9.17, 15) is 4.79 Å². The molecule has 4 nitrogen and oxygen atoms in total. The molecular weight excluding hydrogens is 234 g/mol. The fourth-order valence-electron chi connectivity index (χ4n) is 1.31. The largest absolute Gasteiger partial charge is 0.330 e. The zero-order valence-corrected chi connectivity index (χ0v) is 10.7. The van der Waals surface area contributed by atoms with Crippen molar-refractivity contribution in [1.29, 1.82) is 0 Å². The Labute approximate surface area is 105 Å². The van der Waals surface area contributed by atoms with Gasteiger partial charge in [0, 0.05) is 18.5 Å². The monoisotopic (exact) mass is 251 g/mol. The standard InChI is InChI=1S/C12H17N3OS/c1-4-6-15(7-5-2)12(16)10-8-17-11(14-10)9(3)13/h4-5,8-9H,1-2,6-7,13H2,3H3. The normalized spacial score (nSPS) is 11.9. The lowest BCUT2D eigenvalue weighted by Crippen LogP contribution is -2.31. The number of amides is 1. The molecule has 92 valence electrons. The molecule has 0 aliphatic heterocycles. The molecule has 0 bridgehead atoms. The Morgan fingerprint density at radius 1 is 1.59 bits per heavy atom. The van der Waals surface area contributed by atoms with Crippen molar-refractivity contribution < 1.29 is 4.79 Å². The van der Waals surface area contributed by atoms with E-state index >= 15 is 0 Å². The van der Waals surface area contributed by atoms with E-state index in [1.54, 1.807) is 22.4 Å². The van der Waals surface area contributed by atoms with Crippen LogP contribution in [0.15, 0.2) is 30.7 Å². The number of hydrogen-bond donors (Lipinski definition) is 1. The van der Waals surface area contributed by atoms with E-state index in [4.69, 9.17) is 5.73 Å². The Morgan fingerprint density at radius 2 is 2.18 bits per heavy atom. The van der Waals surface area contributed by atoms with Crippen molar-refractivity contribution in [3.8, 4) is 0 Å². The molecule has 0 saturated heterocycles. The van der Waals surface area contributed by atoms with Crippen LogP contribution in [0.4, 0.5) is 0 Å². The van der Waals surface area contributed by atoms with Crippen LogP contribution < -0.4 is 5.73 Å². The predicted octanol–water partition coefficient (Wildman–Crippen LogP) is 1.98. The molecule has 0 radical (unpaired) electrons. The van der Waals surface area contributed by atoms with E-state index < -0.39 is 0 Å². The van der Waals surface area contributed by atoms with Crippen LogP contribution in [0.5, 0.6) is 0 Å². The number of rotatable bonds is 6. The van der Waals surface area contributed by atoms with E-state index in [0.717, 1.165) is 5.01 Å². The molecule has 0 spiro atoms. The lowest BCUT2D eigenvalue weighted by molar-refractivity contribution is 0.0785. The van der Waals surface area contributed by atoms with Crippen molar-refractivity contribution in [2.45, 2.75) is 13.0 Å². The van der Waals surface area contributed by atoms with Crippen molar-refractivity contribution >= 4 is 17.2 Å². The van der Waals surface area contributed by atoms with Gasteiger partial charge in [-0.25, -0.2) is 4.98 Å². The highest BCUT2D eigenvalue weighted by atomic mass is 32.1. The fourth-order valence-corrected chi connectivity index (χ4v) is 2.06. The number of aromatic nitrogens is 1. The molecule has 1 heterocycles. The van der Waals surface area contributed by atoms with Gasteiger partial charge in [-0.3, -0.25) is 4.79 Å². The lowest BCUT2D eigenvalue weighted by Gasteiger charge is -2.17. The molecule has 0 saturated carbocycles. The SMILES string of the molecule is C=CCN(CC=C)C(=O)c1csc(C(C)N)n1. The van der Waals surface area contributed by atoms with Gasteiger partial charge in [-0.15, -0.1) is 24.5 Å². The molecule has 5 heteroatoms. The van der Waals surface area contributed by atoms with Gasteiger partial charge in [0.15, 0.2) is 0 Å².